The molecule has 0 unspecified atom stereocenters. The predicted molar refractivity (Wildman–Crippen MR) is 110 cm³/mol. The molecule has 0 saturated heterocycles. The maximum atomic E-state index is 12.8. The van der Waals surface area contributed by atoms with Crippen molar-refractivity contribution in [1.82, 2.24) is 19.8 Å². The summed E-state index contributed by atoms with van der Waals surface area (Å²) in [4.78, 5) is 42.5. The van der Waals surface area contributed by atoms with Gasteiger partial charge in [-0.25, -0.2) is 4.98 Å². The first-order chi connectivity index (χ1) is 13.9. The summed E-state index contributed by atoms with van der Waals surface area (Å²) in [5.74, 6) is -0.268. The quantitative estimate of drug-likeness (QED) is 0.619. The first kappa shape index (κ1) is 20.2. The number of carbonyl (C=O) groups excluding carboxylic acids is 2. The Bertz CT molecular complexity index is 1110. The number of amides is 2. The summed E-state index contributed by atoms with van der Waals surface area (Å²) in [7, 11) is 3.48. The number of nitrogens with two attached hydrogens (primary N) is 1. The number of para-hydroxylation sites is 1. The average molecular weight is 393 g/mol. The molecule has 1 aromatic heterocycles. The Labute approximate surface area is 168 Å². The van der Waals surface area contributed by atoms with Crippen LogP contribution in [-0.4, -0.2) is 40.4 Å². The van der Waals surface area contributed by atoms with Gasteiger partial charge in [-0.15, -0.1) is 0 Å². The molecule has 8 heteroatoms. The van der Waals surface area contributed by atoms with Crippen LogP contribution in [-0.2, 0) is 24.4 Å². The fraction of sp³-hybridized carbons (Fsp3) is 0.238. The van der Waals surface area contributed by atoms with Crippen LogP contribution in [0.2, 0.25) is 0 Å². The monoisotopic (exact) mass is 393 g/mol. The maximum absolute atomic E-state index is 12.8. The van der Waals surface area contributed by atoms with Crippen LogP contribution in [0.15, 0.2) is 53.3 Å². The number of hydrogen-bond donors (Lipinski definition) is 2. The fourth-order valence-electron chi connectivity index (χ4n) is 3.17. The summed E-state index contributed by atoms with van der Waals surface area (Å²) >= 11 is 0. The summed E-state index contributed by atoms with van der Waals surface area (Å²) in [6.07, 6.45) is 0. The lowest BCUT2D eigenvalue weighted by Crippen LogP contribution is -2.33. The average Bonchev–Trinajstić information content (AvgIpc) is 2.70. The lowest BCUT2D eigenvalue weighted by atomic mass is 10.1. The molecule has 1 heterocycles. The van der Waals surface area contributed by atoms with Gasteiger partial charge in [0.1, 0.15) is 12.4 Å². The van der Waals surface area contributed by atoms with Gasteiger partial charge in [-0.05, 0) is 36.9 Å². The van der Waals surface area contributed by atoms with Crippen LogP contribution in [0.5, 0.6) is 0 Å². The smallest absolute Gasteiger partial charge is 0.261 e. The van der Waals surface area contributed by atoms with Crippen LogP contribution in [0.1, 0.15) is 21.7 Å². The van der Waals surface area contributed by atoms with Crippen molar-refractivity contribution >= 4 is 22.7 Å². The number of carbonyl (C=O) groups is 2. The van der Waals surface area contributed by atoms with Gasteiger partial charge in [0.05, 0.1) is 17.4 Å². The Morgan fingerprint density at radius 2 is 1.79 bits per heavy atom. The summed E-state index contributed by atoms with van der Waals surface area (Å²) in [6.45, 7) is 0.707. The molecule has 3 rings (SSSR count). The number of nitrogens with zero attached hydrogens (tertiary/aromatic N) is 3. The van der Waals surface area contributed by atoms with E-state index in [-0.39, 0.29) is 18.0 Å². The zero-order valence-corrected chi connectivity index (χ0v) is 16.4. The van der Waals surface area contributed by atoms with Gasteiger partial charge in [0.2, 0.25) is 5.91 Å². The van der Waals surface area contributed by atoms with Gasteiger partial charge in [0, 0.05) is 19.2 Å². The Balaban J connectivity index is 1.85. The third kappa shape index (κ3) is 4.67. The molecular weight excluding hydrogens is 370 g/mol. The highest BCUT2D eigenvalue weighted by Gasteiger charge is 2.14. The Morgan fingerprint density at radius 1 is 1.10 bits per heavy atom. The molecule has 150 valence electrons. The molecule has 2 aromatic carbocycles. The second-order valence-electron chi connectivity index (χ2n) is 6.85. The largest absolute Gasteiger partial charge is 0.368 e. The van der Waals surface area contributed by atoms with Crippen molar-refractivity contribution in [3.05, 3.63) is 75.8 Å². The topological polar surface area (TPSA) is 110 Å². The number of benzene rings is 2. The van der Waals surface area contributed by atoms with E-state index in [9.17, 15) is 14.4 Å². The van der Waals surface area contributed by atoms with E-state index in [4.69, 9.17) is 5.73 Å². The molecule has 3 aromatic rings. The third-order valence-corrected chi connectivity index (χ3v) is 4.56. The van der Waals surface area contributed by atoms with Gasteiger partial charge >= 0.3 is 0 Å². The van der Waals surface area contributed by atoms with E-state index < -0.39 is 5.91 Å². The van der Waals surface area contributed by atoms with Gasteiger partial charge < -0.3 is 11.1 Å². The van der Waals surface area contributed by atoms with Gasteiger partial charge in [-0.1, -0.05) is 24.3 Å². The van der Waals surface area contributed by atoms with E-state index in [1.165, 1.54) is 4.57 Å². The lowest BCUT2D eigenvalue weighted by Gasteiger charge is -2.19. The summed E-state index contributed by atoms with van der Waals surface area (Å²) < 4.78 is 1.33. The molecule has 0 aliphatic carbocycles. The van der Waals surface area contributed by atoms with Crippen molar-refractivity contribution in [2.45, 2.75) is 19.6 Å². The Hall–Kier alpha value is -3.52. The summed E-state index contributed by atoms with van der Waals surface area (Å²) in [5, 5.41) is 3.04. The zero-order valence-electron chi connectivity index (χ0n) is 16.4. The molecule has 3 N–H and O–H groups in total. The number of fused-ring (bicyclic) bond motifs is 1. The summed E-state index contributed by atoms with van der Waals surface area (Å²) in [5.41, 5.74) is 7.23. The first-order valence-corrected chi connectivity index (χ1v) is 9.15. The van der Waals surface area contributed by atoms with E-state index in [1.807, 2.05) is 30.1 Å². The van der Waals surface area contributed by atoms with Crippen LogP contribution in [0, 0.1) is 0 Å². The maximum Gasteiger partial charge on any atom is 0.261 e. The standard InChI is InChI=1S/C21H23N5O3/c1-23-20(28)15-9-7-14(8-10-15)11-25(2)13-19-24-17-6-4-3-5-16(17)21(29)26(19)12-18(22)27/h3-10H,11-13H2,1-2H3,(H2,22,27)(H,23,28). The highest BCUT2D eigenvalue weighted by Crippen LogP contribution is 2.12. The van der Waals surface area contributed by atoms with Crippen molar-refractivity contribution in [3.8, 4) is 0 Å². The SMILES string of the molecule is CNC(=O)c1ccc(CN(C)Cc2nc3ccccc3c(=O)n2CC(N)=O)cc1. The molecular formula is C21H23N5O3. The molecule has 0 atom stereocenters. The van der Waals surface area contributed by atoms with E-state index in [1.54, 1.807) is 37.4 Å². The molecule has 0 spiro atoms. The van der Waals surface area contributed by atoms with E-state index in [2.05, 4.69) is 10.3 Å². The highest BCUT2D eigenvalue weighted by molar-refractivity contribution is 5.93. The van der Waals surface area contributed by atoms with Crippen LogP contribution < -0.4 is 16.6 Å². The van der Waals surface area contributed by atoms with Gasteiger partial charge in [-0.2, -0.15) is 0 Å². The van der Waals surface area contributed by atoms with Crippen molar-refractivity contribution in [2.75, 3.05) is 14.1 Å². The third-order valence-electron chi connectivity index (χ3n) is 4.56. The van der Waals surface area contributed by atoms with E-state index in [0.29, 0.717) is 35.4 Å². The predicted octanol–water partition coefficient (Wildman–Crippen LogP) is 0.873. The molecule has 8 nitrogen and oxygen atoms in total. The molecule has 0 bridgehead atoms. The van der Waals surface area contributed by atoms with Crippen LogP contribution in [0.4, 0.5) is 0 Å². The van der Waals surface area contributed by atoms with Crippen LogP contribution in [0.3, 0.4) is 0 Å². The van der Waals surface area contributed by atoms with Crippen molar-refractivity contribution in [2.24, 2.45) is 5.73 Å². The van der Waals surface area contributed by atoms with Crippen molar-refractivity contribution in [1.29, 1.82) is 0 Å². The van der Waals surface area contributed by atoms with E-state index >= 15 is 0 Å². The number of primary amides is 1. The molecule has 0 radical (unpaired) electrons. The van der Waals surface area contributed by atoms with Crippen molar-refractivity contribution < 1.29 is 9.59 Å². The minimum Gasteiger partial charge on any atom is -0.368 e. The van der Waals surface area contributed by atoms with Gasteiger partial charge in [0.25, 0.3) is 11.5 Å². The number of rotatable bonds is 7. The van der Waals surface area contributed by atoms with Gasteiger partial charge in [-0.3, -0.25) is 23.9 Å². The highest BCUT2D eigenvalue weighted by atomic mass is 16.2. The second-order valence-corrected chi connectivity index (χ2v) is 6.85. The minimum atomic E-state index is -0.599. The Kier molecular flexibility index (Phi) is 6.04. The zero-order chi connectivity index (χ0) is 21.0. The minimum absolute atomic E-state index is 0.138. The molecule has 0 saturated carbocycles. The molecule has 0 aliphatic rings. The molecule has 29 heavy (non-hydrogen) atoms. The molecule has 0 aliphatic heterocycles. The number of hydrogen-bond acceptors (Lipinski definition) is 5. The van der Waals surface area contributed by atoms with Crippen LogP contribution >= 0.6 is 0 Å². The Morgan fingerprint density at radius 3 is 2.45 bits per heavy atom. The molecule has 2 amide bonds. The number of aromatic nitrogens is 2. The second kappa shape index (κ2) is 8.66. The van der Waals surface area contributed by atoms with Crippen LogP contribution in [0.25, 0.3) is 10.9 Å². The van der Waals surface area contributed by atoms with Crippen molar-refractivity contribution in [3.63, 3.8) is 0 Å². The first-order valence-electron chi connectivity index (χ1n) is 9.15. The molecule has 0 fully saturated rings. The number of nitrogens with one attached hydrogen (secondary N) is 1. The lowest BCUT2D eigenvalue weighted by molar-refractivity contribution is -0.118. The summed E-state index contributed by atoms with van der Waals surface area (Å²) in [6, 6.07) is 14.3. The van der Waals surface area contributed by atoms with Gasteiger partial charge in [0.15, 0.2) is 0 Å². The van der Waals surface area contributed by atoms with E-state index in [0.717, 1.165) is 5.56 Å². The fourth-order valence-corrected chi connectivity index (χ4v) is 3.17. The normalized spacial score (nSPS) is 11.0.